The molecule has 13 heavy (non-hydrogen) atoms. The molecule has 70 valence electrons. The highest BCUT2D eigenvalue weighted by molar-refractivity contribution is 5.37. The van der Waals surface area contributed by atoms with Crippen molar-refractivity contribution in [1.82, 2.24) is 0 Å². The van der Waals surface area contributed by atoms with Crippen LogP contribution in [0.3, 0.4) is 0 Å². The van der Waals surface area contributed by atoms with Gasteiger partial charge in [-0.15, -0.1) is 0 Å². The smallest absolute Gasteiger partial charge is 0.0135 e. The van der Waals surface area contributed by atoms with Gasteiger partial charge in [0.2, 0.25) is 0 Å². The zero-order chi connectivity index (χ0) is 8.58. The standard InChI is InChI=1S/C13H18/c1-7-4-10-6-11(7)13-9-3-2-8(5-9)12(10)13/h7-9,11,13H,2-6H2,1H3. The third kappa shape index (κ3) is 0.671. The van der Waals surface area contributed by atoms with Crippen molar-refractivity contribution < 1.29 is 0 Å². The highest BCUT2D eigenvalue weighted by Gasteiger charge is 2.55. The second-order valence-electron chi connectivity index (χ2n) is 5.90. The van der Waals surface area contributed by atoms with E-state index in [0.29, 0.717) is 0 Å². The zero-order valence-corrected chi connectivity index (χ0v) is 8.42. The fourth-order valence-corrected chi connectivity index (χ4v) is 5.08. The number of allylic oxidation sites excluding steroid dienone is 2. The molecule has 4 aliphatic rings. The van der Waals surface area contributed by atoms with E-state index in [2.05, 4.69) is 6.92 Å². The van der Waals surface area contributed by atoms with E-state index in [-0.39, 0.29) is 0 Å². The van der Waals surface area contributed by atoms with Crippen LogP contribution in [-0.2, 0) is 0 Å². The average molecular weight is 174 g/mol. The van der Waals surface area contributed by atoms with Gasteiger partial charge in [-0.05, 0) is 61.7 Å². The molecule has 0 nitrogen and oxygen atoms in total. The number of hydrogen-bond donors (Lipinski definition) is 0. The third-order valence-corrected chi connectivity index (χ3v) is 5.43. The predicted octanol–water partition coefficient (Wildman–Crippen LogP) is 3.39. The van der Waals surface area contributed by atoms with Gasteiger partial charge in [0.05, 0.1) is 0 Å². The van der Waals surface area contributed by atoms with Crippen molar-refractivity contribution in [2.24, 2.45) is 29.6 Å². The van der Waals surface area contributed by atoms with Gasteiger partial charge >= 0.3 is 0 Å². The quantitative estimate of drug-likeness (QED) is 0.494. The van der Waals surface area contributed by atoms with Gasteiger partial charge in [-0.3, -0.25) is 0 Å². The van der Waals surface area contributed by atoms with Crippen molar-refractivity contribution in [2.75, 3.05) is 0 Å². The third-order valence-electron chi connectivity index (χ3n) is 5.43. The summed E-state index contributed by atoms with van der Waals surface area (Å²) in [6, 6.07) is 0. The first-order valence-corrected chi connectivity index (χ1v) is 6.06. The van der Waals surface area contributed by atoms with E-state index in [1.807, 2.05) is 11.1 Å². The molecule has 4 rings (SSSR count). The highest BCUT2D eigenvalue weighted by Crippen LogP contribution is 2.65. The Morgan fingerprint density at radius 2 is 2.08 bits per heavy atom. The molecular formula is C13H18. The number of rotatable bonds is 0. The minimum Gasteiger partial charge on any atom is -0.0698 e. The summed E-state index contributed by atoms with van der Waals surface area (Å²) in [7, 11) is 0. The lowest BCUT2D eigenvalue weighted by atomic mass is 9.73. The molecule has 0 N–H and O–H groups in total. The van der Waals surface area contributed by atoms with Crippen LogP contribution in [0.2, 0.25) is 0 Å². The predicted molar refractivity (Wildman–Crippen MR) is 53.2 cm³/mol. The van der Waals surface area contributed by atoms with Gasteiger partial charge in [0, 0.05) is 0 Å². The largest absolute Gasteiger partial charge is 0.0698 e. The molecule has 0 heterocycles. The van der Waals surface area contributed by atoms with E-state index in [1.165, 1.54) is 12.8 Å². The van der Waals surface area contributed by atoms with Crippen LogP contribution in [0.25, 0.3) is 0 Å². The van der Waals surface area contributed by atoms with Crippen molar-refractivity contribution in [3.05, 3.63) is 11.1 Å². The van der Waals surface area contributed by atoms with Gasteiger partial charge in [0.15, 0.2) is 0 Å². The molecule has 0 aromatic heterocycles. The summed E-state index contributed by atoms with van der Waals surface area (Å²) in [6.07, 6.45) is 7.66. The fraction of sp³-hybridized carbons (Fsp3) is 0.846. The van der Waals surface area contributed by atoms with Crippen LogP contribution in [-0.4, -0.2) is 0 Å². The maximum Gasteiger partial charge on any atom is -0.0135 e. The molecule has 0 aliphatic heterocycles. The first-order valence-electron chi connectivity index (χ1n) is 6.06. The summed E-state index contributed by atoms with van der Waals surface area (Å²) in [5.74, 6) is 5.42. The Bertz CT molecular complexity index is 299. The van der Waals surface area contributed by atoms with Crippen LogP contribution >= 0.6 is 0 Å². The molecular weight excluding hydrogens is 156 g/mol. The van der Waals surface area contributed by atoms with Crippen LogP contribution < -0.4 is 0 Å². The maximum absolute atomic E-state index is 2.49. The number of fused-ring (bicyclic) bond motifs is 8. The Morgan fingerprint density at radius 3 is 3.00 bits per heavy atom. The SMILES string of the molecule is CC1CC2=C3C4CCC(C4)C3C1C2. The molecule has 0 amide bonds. The maximum atomic E-state index is 2.49. The Labute approximate surface area is 80.4 Å². The van der Waals surface area contributed by atoms with Crippen molar-refractivity contribution >= 4 is 0 Å². The van der Waals surface area contributed by atoms with Crippen LogP contribution in [0.5, 0.6) is 0 Å². The minimum atomic E-state index is 1.03. The van der Waals surface area contributed by atoms with E-state index in [0.717, 1.165) is 29.6 Å². The molecule has 4 aliphatic carbocycles. The fourth-order valence-electron chi connectivity index (χ4n) is 5.08. The molecule has 0 aromatic rings. The zero-order valence-electron chi connectivity index (χ0n) is 8.42. The summed E-state index contributed by atoms with van der Waals surface area (Å²) in [6.45, 7) is 2.49. The molecule has 0 radical (unpaired) electrons. The van der Waals surface area contributed by atoms with E-state index in [4.69, 9.17) is 0 Å². The highest BCUT2D eigenvalue weighted by atomic mass is 14.6. The summed E-state index contributed by atoms with van der Waals surface area (Å²) < 4.78 is 0. The van der Waals surface area contributed by atoms with E-state index < -0.39 is 0 Å². The molecule has 0 heteroatoms. The molecule has 4 bridgehead atoms. The summed E-state index contributed by atoms with van der Waals surface area (Å²) in [5.41, 5.74) is 3.93. The monoisotopic (exact) mass is 174 g/mol. The van der Waals surface area contributed by atoms with Crippen LogP contribution in [0.15, 0.2) is 11.1 Å². The molecule has 0 spiro atoms. The van der Waals surface area contributed by atoms with Crippen molar-refractivity contribution in [1.29, 1.82) is 0 Å². The van der Waals surface area contributed by atoms with Crippen molar-refractivity contribution in [3.8, 4) is 0 Å². The van der Waals surface area contributed by atoms with E-state index in [1.54, 1.807) is 19.3 Å². The summed E-state index contributed by atoms with van der Waals surface area (Å²) >= 11 is 0. The first kappa shape index (κ1) is 7.09. The van der Waals surface area contributed by atoms with Crippen molar-refractivity contribution in [2.45, 2.75) is 39.0 Å². The Balaban J connectivity index is 1.86. The summed E-state index contributed by atoms with van der Waals surface area (Å²) in [4.78, 5) is 0. The van der Waals surface area contributed by atoms with Crippen LogP contribution in [0.1, 0.15) is 39.0 Å². The van der Waals surface area contributed by atoms with Crippen LogP contribution in [0, 0.1) is 29.6 Å². The lowest BCUT2D eigenvalue weighted by Crippen LogP contribution is -2.24. The van der Waals surface area contributed by atoms with Gasteiger partial charge in [-0.25, -0.2) is 0 Å². The first-order chi connectivity index (χ1) is 6.34. The van der Waals surface area contributed by atoms with Crippen LogP contribution in [0.4, 0.5) is 0 Å². The average Bonchev–Trinajstić information content (AvgIpc) is 2.78. The minimum absolute atomic E-state index is 1.03. The Morgan fingerprint density at radius 1 is 1.15 bits per heavy atom. The molecule has 0 saturated heterocycles. The topological polar surface area (TPSA) is 0 Å². The molecule has 5 atom stereocenters. The lowest BCUT2D eigenvalue weighted by molar-refractivity contribution is 0.243. The molecule has 5 unspecified atom stereocenters. The summed E-state index contributed by atoms with van der Waals surface area (Å²) in [5, 5.41) is 0. The van der Waals surface area contributed by atoms with E-state index in [9.17, 15) is 0 Å². The Kier molecular flexibility index (Phi) is 1.11. The molecule has 3 fully saturated rings. The van der Waals surface area contributed by atoms with Gasteiger partial charge in [0.25, 0.3) is 0 Å². The van der Waals surface area contributed by atoms with E-state index >= 15 is 0 Å². The molecule has 3 saturated carbocycles. The van der Waals surface area contributed by atoms with Crippen molar-refractivity contribution in [3.63, 3.8) is 0 Å². The normalized spacial score (nSPS) is 56.5. The second-order valence-corrected chi connectivity index (χ2v) is 5.90. The number of hydrogen-bond acceptors (Lipinski definition) is 0. The van der Waals surface area contributed by atoms with Gasteiger partial charge in [-0.2, -0.15) is 0 Å². The van der Waals surface area contributed by atoms with Gasteiger partial charge < -0.3 is 0 Å². The van der Waals surface area contributed by atoms with Gasteiger partial charge in [0.1, 0.15) is 0 Å². The molecule has 0 aromatic carbocycles. The lowest BCUT2D eigenvalue weighted by Gasteiger charge is -2.32. The Hall–Kier alpha value is -0.260. The van der Waals surface area contributed by atoms with Gasteiger partial charge in [-0.1, -0.05) is 18.1 Å². The second kappa shape index (κ2) is 2.04.